The van der Waals surface area contributed by atoms with Crippen molar-refractivity contribution in [2.45, 2.75) is 19.6 Å². The molecule has 2 aliphatic heterocycles. The van der Waals surface area contributed by atoms with Gasteiger partial charge in [-0.25, -0.2) is 0 Å². The van der Waals surface area contributed by atoms with Gasteiger partial charge in [0.15, 0.2) is 11.5 Å². The lowest BCUT2D eigenvalue weighted by atomic mass is 10.0. The maximum atomic E-state index is 13.4. The molecule has 0 radical (unpaired) electrons. The molecule has 1 atom stereocenters. The van der Waals surface area contributed by atoms with E-state index in [2.05, 4.69) is 5.32 Å². The van der Waals surface area contributed by atoms with Crippen molar-refractivity contribution in [3.63, 3.8) is 0 Å². The highest BCUT2D eigenvalue weighted by atomic mass is 16.7. The lowest BCUT2D eigenvalue weighted by Crippen LogP contribution is -2.42. The molecule has 31 heavy (non-hydrogen) atoms. The highest BCUT2D eigenvalue weighted by Crippen LogP contribution is 2.37. The number of nitro groups is 1. The minimum absolute atomic E-state index is 0.0219. The van der Waals surface area contributed by atoms with Crippen LogP contribution in [0.2, 0.25) is 0 Å². The van der Waals surface area contributed by atoms with E-state index in [1.807, 2.05) is 42.5 Å². The van der Waals surface area contributed by atoms with Gasteiger partial charge in [0.1, 0.15) is 6.17 Å². The number of carbonyl (C=O) groups is 1. The van der Waals surface area contributed by atoms with Crippen LogP contribution in [-0.4, -0.2) is 22.5 Å². The number of nitro benzene ring substituents is 1. The number of carbonyl (C=O) groups excluding carboxylic acids is 1. The molecule has 0 aromatic heterocycles. The Labute approximate surface area is 178 Å². The Bertz CT molecular complexity index is 1210. The number of aryl methyl sites for hydroxylation is 1. The molecule has 1 N–H and O–H groups in total. The zero-order valence-electron chi connectivity index (χ0n) is 16.7. The highest BCUT2D eigenvalue weighted by Gasteiger charge is 2.34. The molecule has 3 aromatic rings. The van der Waals surface area contributed by atoms with Gasteiger partial charge in [-0.2, -0.15) is 0 Å². The van der Waals surface area contributed by atoms with Gasteiger partial charge in [0, 0.05) is 29.4 Å². The van der Waals surface area contributed by atoms with Crippen molar-refractivity contribution in [2.75, 3.05) is 12.1 Å². The Hall–Kier alpha value is -4.07. The smallest absolute Gasteiger partial charge is 0.272 e. The Morgan fingerprint density at radius 3 is 2.74 bits per heavy atom. The summed E-state index contributed by atoms with van der Waals surface area (Å²) >= 11 is 0. The third kappa shape index (κ3) is 3.31. The number of benzene rings is 3. The second kappa shape index (κ2) is 7.32. The molecule has 5 rings (SSSR count). The summed E-state index contributed by atoms with van der Waals surface area (Å²) in [6, 6.07) is 17.9. The number of hydrogen-bond acceptors (Lipinski definition) is 6. The Balaban J connectivity index is 1.56. The molecule has 0 saturated carbocycles. The van der Waals surface area contributed by atoms with Crippen LogP contribution >= 0.6 is 0 Å². The van der Waals surface area contributed by atoms with E-state index in [4.69, 9.17) is 9.47 Å². The molecule has 0 aliphatic carbocycles. The standard InChI is InChI=1S/C23H19N3O5/c1-14-6-8-16(11-19(14)26(28)29)22-24-18-5-3-2-4-17(18)23(27)25(22)12-15-7-9-20-21(10-15)31-13-30-20/h2-11,22,24H,12-13H2,1H3/t22-/m1/s1. The van der Waals surface area contributed by atoms with Gasteiger partial charge in [-0.15, -0.1) is 0 Å². The molecule has 0 unspecified atom stereocenters. The highest BCUT2D eigenvalue weighted by molar-refractivity contribution is 6.01. The van der Waals surface area contributed by atoms with Crippen molar-refractivity contribution in [1.82, 2.24) is 4.90 Å². The Kier molecular flexibility index (Phi) is 4.47. The summed E-state index contributed by atoms with van der Waals surface area (Å²) in [6.45, 7) is 2.16. The van der Waals surface area contributed by atoms with E-state index in [9.17, 15) is 14.9 Å². The van der Waals surface area contributed by atoms with Crippen molar-refractivity contribution >= 4 is 17.3 Å². The van der Waals surface area contributed by atoms with Crippen LogP contribution in [0.3, 0.4) is 0 Å². The monoisotopic (exact) mass is 417 g/mol. The number of rotatable bonds is 4. The first kappa shape index (κ1) is 18.9. The summed E-state index contributed by atoms with van der Waals surface area (Å²) in [5.74, 6) is 1.15. The van der Waals surface area contributed by atoms with Gasteiger partial charge < -0.3 is 19.7 Å². The molecule has 2 heterocycles. The first-order valence-electron chi connectivity index (χ1n) is 9.81. The lowest BCUT2D eigenvalue weighted by Gasteiger charge is -2.38. The number of fused-ring (bicyclic) bond motifs is 2. The average Bonchev–Trinajstić information content (AvgIpc) is 3.24. The van der Waals surface area contributed by atoms with Crippen LogP contribution in [0.1, 0.15) is 33.2 Å². The maximum absolute atomic E-state index is 13.4. The van der Waals surface area contributed by atoms with Crippen LogP contribution in [0.25, 0.3) is 0 Å². The molecule has 156 valence electrons. The van der Waals surface area contributed by atoms with Crippen LogP contribution < -0.4 is 14.8 Å². The van der Waals surface area contributed by atoms with Crippen molar-refractivity contribution in [1.29, 1.82) is 0 Å². The zero-order valence-corrected chi connectivity index (χ0v) is 16.7. The summed E-state index contributed by atoms with van der Waals surface area (Å²) in [4.78, 5) is 26.2. The number of para-hydroxylation sites is 1. The summed E-state index contributed by atoms with van der Waals surface area (Å²) in [6.07, 6.45) is -0.563. The third-order valence-electron chi connectivity index (χ3n) is 5.56. The van der Waals surface area contributed by atoms with Gasteiger partial charge in [0.2, 0.25) is 6.79 Å². The van der Waals surface area contributed by atoms with Gasteiger partial charge >= 0.3 is 0 Å². The summed E-state index contributed by atoms with van der Waals surface area (Å²) < 4.78 is 10.8. The summed E-state index contributed by atoms with van der Waals surface area (Å²) in [5.41, 5.74) is 3.35. The fraction of sp³-hybridized carbons (Fsp3) is 0.174. The molecule has 8 nitrogen and oxygen atoms in total. The number of ether oxygens (including phenoxy) is 2. The second-order valence-electron chi connectivity index (χ2n) is 7.52. The number of hydrogen-bond donors (Lipinski definition) is 1. The van der Waals surface area contributed by atoms with E-state index in [1.165, 1.54) is 6.07 Å². The second-order valence-corrected chi connectivity index (χ2v) is 7.52. The topological polar surface area (TPSA) is 93.9 Å². The quantitative estimate of drug-likeness (QED) is 0.500. The SMILES string of the molecule is Cc1ccc([C@@H]2Nc3ccccc3C(=O)N2Cc2ccc3c(c2)OCO3)cc1[N+](=O)[O-]. The van der Waals surface area contributed by atoms with Crippen molar-refractivity contribution in [3.8, 4) is 11.5 Å². The van der Waals surface area contributed by atoms with Gasteiger partial charge in [-0.1, -0.05) is 30.3 Å². The van der Waals surface area contributed by atoms with Crippen LogP contribution in [0.15, 0.2) is 60.7 Å². The molecule has 0 saturated heterocycles. The normalized spacial score (nSPS) is 16.6. The van der Waals surface area contributed by atoms with Crippen LogP contribution in [0.5, 0.6) is 11.5 Å². The first-order valence-corrected chi connectivity index (χ1v) is 9.81. The minimum atomic E-state index is -0.563. The van der Waals surface area contributed by atoms with E-state index < -0.39 is 11.1 Å². The number of amides is 1. The maximum Gasteiger partial charge on any atom is 0.272 e. The summed E-state index contributed by atoms with van der Waals surface area (Å²) in [5, 5.41) is 14.9. The molecular formula is C23H19N3O5. The molecule has 1 amide bonds. The molecule has 0 bridgehead atoms. The van der Waals surface area contributed by atoms with Gasteiger partial charge in [0.05, 0.1) is 10.5 Å². The first-order chi connectivity index (χ1) is 15.0. The predicted octanol–water partition coefficient (Wildman–Crippen LogP) is 4.40. The number of nitrogens with zero attached hydrogens (tertiary/aromatic N) is 2. The fourth-order valence-electron chi connectivity index (χ4n) is 3.95. The van der Waals surface area contributed by atoms with Gasteiger partial charge in [-0.05, 0) is 36.8 Å². The van der Waals surface area contributed by atoms with Crippen LogP contribution in [0.4, 0.5) is 11.4 Å². The van der Waals surface area contributed by atoms with E-state index in [-0.39, 0.29) is 18.4 Å². The lowest BCUT2D eigenvalue weighted by molar-refractivity contribution is -0.385. The third-order valence-corrected chi connectivity index (χ3v) is 5.56. The summed E-state index contributed by atoms with van der Waals surface area (Å²) in [7, 11) is 0. The molecular weight excluding hydrogens is 398 g/mol. The molecule has 3 aromatic carbocycles. The molecule has 8 heteroatoms. The number of anilines is 1. The van der Waals surface area contributed by atoms with Gasteiger partial charge in [-0.3, -0.25) is 14.9 Å². The largest absolute Gasteiger partial charge is 0.454 e. The predicted molar refractivity (Wildman–Crippen MR) is 113 cm³/mol. The van der Waals surface area contributed by atoms with E-state index >= 15 is 0 Å². The van der Waals surface area contributed by atoms with E-state index in [0.717, 1.165) is 5.56 Å². The molecule has 0 fully saturated rings. The minimum Gasteiger partial charge on any atom is -0.454 e. The Morgan fingerprint density at radius 2 is 1.90 bits per heavy atom. The number of nitrogens with one attached hydrogen (secondary N) is 1. The van der Waals surface area contributed by atoms with Crippen molar-refractivity contribution < 1.29 is 19.2 Å². The van der Waals surface area contributed by atoms with Crippen molar-refractivity contribution in [3.05, 3.63) is 93.0 Å². The fourth-order valence-corrected chi connectivity index (χ4v) is 3.95. The van der Waals surface area contributed by atoms with Crippen molar-refractivity contribution in [2.24, 2.45) is 0 Å². The van der Waals surface area contributed by atoms with Crippen LogP contribution in [-0.2, 0) is 6.54 Å². The molecule has 2 aliphatic rings. The van der Waals surface area contributed by atoms with Crippen LogP contribution in [0, 0.1) is 17.0 Å². The molecule has 0 spiro atoms. The Morgan fingerprint density at radius 1 is 1.10 bits per heavy atom. The zero-order chi connectivity index (χ0) is 21.5. The average molecular weight is 417 g/mol. The van der Waals surface area contributed by atoms with E-state index in [1.54, 1.807) is 24.0 Å². The van der Waals surface area contributed by atoms with Gasteiger partial charge in [0.25, 0.3) is 11.6 Å². The van der Waals surface area contributed by atoms with E-state index in [0.29, 0.717) is 40.4 Å².